The number of hydrogen-bond acceptors (Lipinski definition) is 2. The van der Waals surface area contributed by atoms with E-state index >= 15 is 0 Å². The zero-order chi connectivity index (χ0) is 11.7. The van der Waals surface area contributed by atoms with Crippen LogP contribution in [0.2, 0.25) is 0 Å². The molecule has 1 N–H and O–H groups in total. The normalized spacial score (nSPS) is 30.2. The van der Waals surface area contributed by atoms with Crippen molar-refractivity contribution in [1.29, 1.82) is 0 Å². The van der Waals surface area contributed by atoms with Gasteiger partial charge < -0.3 is 5.11 Å². The van der Waals surface area contributed by atoms with Crippen molar-refractivity contribution in [2.24, 2.45) is 11.8 Å². The van der Waals surface area contributed by atoms with Crippen LogP contribution in [0.1, 0.15) is 49.6 Å². The second kappa shape index (κ2) is 4.28. The summed E-state index contributed by atoms with van der Waals surface area (Å²) in [6, 6.07) is 1.94. The van der Waals surface area contributed by atoms with E-state index in [4.69, 9.17) is 5.11 Å². The molecule has 4 heteroatoms. The van der Waals surface area contributed by atoms with Crippen molar-refractivity contribution in [3.8, 4) is 0 Å². The highest BCUT2D eigenvalue weighted by Crippen LogP contribution is 2.35. The molecule has 1 aliphatic carbocycles. The fraction of sp³-hybridized carbons (Fsp3) is 0.667. The highest BCUT2D eigenvalue weighted by Gasteiger charge is 2.25. The van der Waals surface area contributed by atoms with Crippen LogP contribution in [-0.2, 0) is 0 Å². The van der Waals surface area contributed by atoms with E-state index in [0.29, 0.717) is 17.9 Å². The molecule has 1 aromatic heterocycles. The Morgan fingerprint density at radius 1 is 1.38 bits per heavy atom. The van der Waals surface area contributed by atoms with E-state index in [1.165, 1.54) is 6.42 Å². The third kappa shape index (κ3) is 2.26. The lowest BCUT2D eigenvalue weighted by atomic mass is 9.80. The van der Waals surface area contributed by atoms with Gasteiger partial charge in [0, 0.05) is 6.20 Å². The van der Waals surface area contributed by atoms with Gasteiger partial charge in [-0.3, -0.25) is 4.68 Å². The molecular formula is C12H18N2O2. The van der Waals surface area contributed by atoms with Gasteiger partial charge in [0.15, 0.2) is 5.69 Å². The fourth-order valence-corrected chi connectivity index (χ4v) is 2.78. The van der Waals surface area contributed by atoms with Crippen LogP contribution in [0.25, 0.3) is 0 Å². The van der Waals surface area contributed by atoms with Crippen LogP contribution in [0, 0.1) is 11.8 Å². The number of hydrogen-bond donors (Lipinski definition) is 1. The lowest BCUT2D eigenvalue weighted by Gasteiger charge is -2.31. The smallest absolute Gasteiger partial charge is 0.356 e. The molecule has 0 amide bonds. The van der Waals surface area contributed by atoms with E-state index in [0.717, 1.165) is 12.8 Å². The monoisotopic (exact) mass is 222 g/mol. The highest BCUT2D eigenvalue weighted by molar-refractivity contribution is 5.85. The van der Waals surface area contributed by atoms with E-state index in [9.17, 15) is 4.79 Å². The molecule has 1 aromatic rings. The number of rotatable bonds is 2. The molecule has 88 valence electrons. The third-order valence-corrected chi connectivity index (χ3v) is 3.36. The van der Waals surface area contributed by atoms with Crippen molar-refractivity contribution in [2.45, 2.75) is 39.2 Å². The zero-order valence-corrected chi connectivity index (χ0v) is 9.76. The molecule has 1 aliphatic rings. The molecule has 16 heavy (non-hydrogen) atoms. The molecule has 0 bridgehead atoms. The Hall–Kier alpha value is -1.32. The Kier molecular flexibility index (Phi) is 2.99. The van der Waals surface area contributed by atoms with Crippen molar-refractivity contribution in [3.63, 3.8) is 0 Å². The molecule has 4 nitrogen and oxygen atoms in total. The maximum atomic E-state index is 10.7. The summed E-state index contributed by atoms with van der Waals surface area (Å²) >= 11 is 0. The van der Waals surface area contributed by atoms with Crippen LogP contribution in [-0.4, -0.2) is 20.9 Å². The van der Waals surface area contributed by atoms with Gasteiger partial charge in [0.05, 0.1) is 6.04 Å². The minimum atomic E-state index is -0.948. The summed E-state index contributed by atoms with van der Waals surface area (Å²) in [5, 5.41) is 12.9. The SMILES string of the molecule is CC1CC(C)CC(n2ccc(C(=O)O)n2)C1. The summed E-state index contributed by atoms with van der Waals surface area (Å²) in [6.07, 6.45) is 5.26. The molecule has 2 atom stereocenters. The summed E-state index contributed by atoms with van der Waals surface area (Å²) in [5.41, 5.74) is 0.144. The largest absolute Gasteiger partial charge is 0.476 e. The first-order valence-electron chi connectivity index (χ1n) is 5.84. The van der Waals surface area contributed by atoms with Gasteiger partial charge in [-0.1, -0.05) is 13.8 Å². The van der Waals surface area contributed by atoms with Gasteiger partial charge in [0.25, 0.3) is 0 Å². The molecule has 1 fully saturated rings. The average Bonchev–Trinajstić information content (AvgIpc) is 2.64. The van der Waals surface area contributed by atoms with Gasteiger partial charge in [-0.2, -0.15) is 5.10 Å². The number of carbonyl (C=O) groups is 1. The molecule has 0 aromatic carbocycles. The quantitative estimate of drug-likeness (QED) is 0.836. The molecule has 0 saturated heterocycles. The van der Waals surface area contributed by atoms with Gasteiger partial charge in [0.2, 0.25) is 0 Å². The molecular weight excluding hydrogens is 204 g/mol. The van der Waals surface area contributed by atoms with Crippen molar-refractivity contribution < 1.29 is 9.90 Å². The van der Waals surface area contributed by atoms with Gasteiger partial charge in [-0.05, 0) is 37.2 Å². The topological polar surface area (TPSA) is 55.1 Å². The van der Waals surface area contributed by atoms with Gasteiger partial charge >= 0.3 is 5.97 Å². The van der Waals surface area contributed by atoms with Gasteiger partial charge in [-0.15, -0.1) is 0 Å². The van der Waals surface area contributed by atoms with E-state index in [1.54, 1.807) is 12.3 Å². The minimum Gasteiger partial charge on any atom is -0.476 e. The molecule has 0 radical (unpaired) electrons. The second-order valence-electron chi connectivity index (χ2n) is 5.06. The number of carboxylic acids is 1. The maximum absolute atomic E-state index is 10.7. The summed E-state index contributed by atoms with van der Waals surface area (Å²) < 4.78 is 1.83. The Labute approximate surface area is 95.3 Å². The molecule has 2 rings (SSSR count). The summed E-state index contributed by atoms with van der Waals surface area (Å²) in [5.74, 6) is 0.452. The van der Waals surface area contributed by atoms with Gasteiger partial charge in [-0.25, -0.2) is 4.79 Å². The highest BCUT2D eigenvalue weighted by atomic mass is 16.4. The standard InChI is InChI=1S/C12H18N2O2/c1-8-5-9(2)7-10(6-8)14-4-3-11(13-14)12(15)16/h3-4,8-10H,5-7H2,1-2H3,(H,15,16). The maximum Gasteiger partial charge on any atom is 0.356 e. The van der Waals surface area contributed by atoms with Gasteiger partial charge in [0.1, 0.15) is 0 Å². The molecule has 0 aliphatic heterocycles. The van der Waals surface area contributed by atoms with Crippen LogP contribution in [0.15, 0.2) is 12.3 Å². The second-order valence-corrected chi connectivity index (χ2v) is 5.06. The predicted molar refractivity (Wildman–Crippen MR) is 60.4 cm³/mol. The Morgan fingerprint density at radius 2 is 2.00 bits per heavy atom. The van der Waals surface area contributed by atoms with E-state index in [-0.39, 0.29) is 5.69 Å². The van der Waals surface area contributed by atoms with E-state index in [2.05, 4.69) is 18.9 Å². The van der Waals surface area contributed by atoms with Crippen molar-refractivity contribution >= 4 is 5.97 Å². The summed E-state index contributed by atoms with van der Waals surface area (Å²) in [4.78, 5) is 10.7. The Balaban J connectivity index is 2.13. The Morgan fingerprint density at radius 3 is 2.50 bits per heavy atom. The summed E-state index contributed by atoms with van der Waals surface area (Å²) in [6.45, 7) is 4.51. The first-order valence-corrected chi connectivity index (χ1v) is 5.84. The molecule has 0 spiro atoms. The van der Waals surface area contributed by atoms with Crippen molar-refractivity contribution in [3.05, 3.63) is 18.0 Å². The number of carboxylic acid groups (broad SMARTS) is 1. The molecule has 1 saturated carbocycles. The summed E-state index contributed by atoms with van der Waals surface area (Å²) in [7, 11) is 0. The predicted octanol–water partition coefficient (Wildman–Crippen LogP) is 2.58. The van der Waals surface area contributed by atoms with E-state index < -0.39 is 5.97 Å². The van der Waals surface area contributed by atoms with Crippen molar-refractivity contribution in [2.75, 3.05) is 0 Å². The average molecular weight is 222 g/mol. The molecule has 1 heterocycles. The number of nitrogens with zero attached hydrogens (tertiary/aromatic N) is 2. The zero-order valence-electron chi connectivity index (χ0n) is 9.76. The first-order chi connectivity index (χ1) is 7.56. The fourth-order valence-electron chi connectivity index (χ4n) is 2.78. The number of aromatic nitrogens is 2. The Bertz CT molecular complexity index is 376. The van der Waals surface area contributed by atoms with Crippen LogP contribution in [0.3, 0.4) is 0 Å². The third-order valence-electron chi connectivity index (χ3n) is 3.36. The van der Waals surface area contributed by atoms with Crippen LogP contribution >= 0.6 is 0 Å². The lowest BCUT2D eigenvalue weighted by molar-refractivity contribution is 0.0688. The number of aromatic carboxylic acids is 1. The molecule has 2 unspecified atom stereocenters. The van der Waals surface area contributed by atoms with Crippen LogP contribution in [0.4, 0.5) is 0 Å². The lowest BCUT2D eigenvalue weighted by Crippen LogP contribution is -2.23. The minimum absolute atomic E-state index is 0.144. The van der Waals surface area contributed by atoms with E-state index in [1.807, 2.05) is 4.68 Å². The van der Waals surface area contributed by atoms with Crippen LogP contribution < -0.4 is 0 Å². The first kappa shape index (κ1) is 11.2. The van der Waals surface area contributed by atoms with Crippen LogP contribution in [0.5, 0.6) is 0 Å². The van der Waals surface area contributed by atoms with Crippen molar-refractivity contribution in [1.82, 2.24) is 9.78 Å².